The standard InChI is InChI=1S/C18H24N2O/c1-4-10-19-17(16-8-6-5-7-15(16)3)13-20-11-9-14(2)12-18(20)21/h5-9,11-12,17,19H,4,10,13H2,1-3H3. The van der Waals surface area contributed by atoms with Gasteiger partial charge >= 0.3 is 0 Å². The summed E-state index contributed by atoms with van der Waals surface area (Å²) < 4.78 is 1.78. The molecule has 0 bridgehead atoms. The summed E-state index contributed by atoms with van der Waals surface area (Å²) in [7, 11) is 0. The molecule has 2 aromatic rings. The number of rotatable bonds is 6. The Kier molecular flexibility index (Phi) is 5.34. The molecule has 0 fully saturated rings. The number of hydrogen-bond donors (Lipinski definition) is 1. The van der Waals surface area contributed by atoms with E-state index < -0.39 is 0 Å². The first-order valence-electron chi connectivity index (χ1n) is 7.58. The predicted octanol–water partition coefficient (Wildman–Crippen LogP) is 3.21. The van der Waals surface area contributed by atoms with E-state index in [0.717, 1.165) is 18.5 Å². The maximum Gasteiger partial charge on any atom is 0.250 e. The molecular formula is C18H24N2O. The first kappa shape index (κ1) is 15.5. The lowest BCUT2D eigenvalue weighted by atomic mass is 10.0. The summed E-state index contributed by atoms with van der Waals surface area (Å²) in [5.41, 5.74) is 3.58. The second-order valence-corrected chi connectivity index (χ2v) is 5.56. The van der Waals surface area contributed by atoms with Crippen LogP contribution in [0.25, 0.3) is 0 Å². The minimum absolute atomic E-state index is 0.0619. The Balaban J connectivity index is 2.28. The lowest BCUT2D eigenvalue weighted by Gasteiger charge is -2.22. The van der Waals surface area contributed by atoms with Gasteiger partial charge in [-0.25, -0.2) is 0 Å². The van der Waals surface area contributed by atoms with Crippen molar-refractivity contribution in [2.45, 2.75) is 39.8 Å². The van der Waals surface area contributed by atoms with Gasteiger partial charge in [0.2, 0.25) is 0 Å². The highest BCUT2D eigenvalue weighted by molar-refractivity contribution is 5.28. The molecule has 1 aromatic carbocycles. The van der Waals surface area contributed by atoms with E-state index in [1.807, 2.05) is 25.3 Å². The molecule has 3 heteroatoms. The normalized spacial score (nSPS) is 12.3. The van der Waals surface area contributed by atoms with Crippen molar-refractivity contribution in [1.82, 2.24) is 9.88 Å². The van der Waals surface area contributed by atoms with E-state index in [-0.39, 0.29) is 11.6 Å². The van der Waals surface area contributed by atoms with Crippen molar-refractivity contribution < 1.29 is 0 Å². The van der Waals surface area contributed by atoms with Crippen molar-refractivity contribution in [3.8, 4) is 0 Å². The molecule has 3 nitrogen and oxygen atoms in total. The van der Waals surface area contributed by atoms with Crippen molar-refractivity contribution in [1.29, 1.82) is 0 Å². The summed E-state index contributed by atoms with van der Waals surface area (Å²) in [6.45, 7) is 7.82. The van der Waals surface area contributed by atoms with Gasteiger partial charge in [0.15, 0.2) is 0 Å². The van der Waals surface area contributed by atoms with Crippen LogP contribution in [0, 0.1) is 13.8 Å². The molecule has 0 aliphatic carbocycles. The third kappa shape index (κ3) is 4.05. The number of nitrogens with zero attached hydrogens (tertiary/aromatic N) is 1. The van der Waals surface area contributed by atoms with Gasteiger partial charge < -0.3 is 9.88 Å². The van der Waals surface area contributed by atoms with Gasteiger partial charge in [0.1, 0.15) is 0 Å². The van der Waals surface area contributed by atoms with Gasteiger partial charge in [0.25, 0.3) is 5.56 Å². The Bertz CT molecular complexity index is 646. The largest absolute Gasteiger partial charge is 0.314 e. The van der Waals surface area contributed by atoms with Crippen LogP contribution in [0.5, 0.6) is 0 Å². The molecule has 0 spiro atoms. The van der Waals surface area contributed by atoms with E-state index in [0.29, 0.717) is 6.54 Å². The minimum atomic E-state index is 0.0619. The van der Waals surface area contributed by atoms with Crippen LogP contribution in [-0.4, -0.2) is 11.1 Å². The van der Waals surface area contributed by atoms with Crippen LogP contribution in [0.1, 0.15) is 36.1 Å². The van der Waals surface area contributed by atoms with Crippen molar-refractivity contribution in [2.75, 3.05) is 6.54 Å². The molecule has 112 valence electrons. The number of nitrogens with one attached hydrogen (secondary N) is 1. The first-order valence-corrected chi connectivity index (χ1v) is 7.58. The lowest BCUT2D eigenvalue weighted by molar-refractivity contribution is 0.454. The summed E-state index contributed by atoms with van der Waals surface area (Å²) in [6.07, 6.45) is 2.96. The summed E-state index contributed by atoms with van der Waals surface area (Å²) in [5.74, 6) is 0. The van der Waals surface area contributed by atoms with E-state index in [2.05, 4.69) is 37.4 Å². The molecule has 21 heavy (non-hydrogen) atoms. The molecule has 0 radical (unpaired) electrons. The smallest absolute Gasteiger partial charge is 0.250 e. The topological polar surface area (TPSA) is 34.0 Å². The third-order valence-electron chi connectivity index (χ3n) is 3.74. The Morgan fingerprint density at radius 2 is 1.95 bits per heavy atom. The quantitative estimate of drug-likeness (QED) is 0.884. The number of aryl methyl sites for hydroxylation is 2. The first-order chi connectivity index (χ1) is 10.1. The molecule has 0 aliphatic rings. The van der Waals surface area contributed by atoms with Crippen LogP contribution < -0.4 is 10.9 Å². The molecule has 1 unspecified atom stereocenters. The fraction of sp³-hybridized carbons (Fsp3) is 0.389. The maximum absolute atomic E-state index is 12.1. The van der Waals surface area contributed by atoms with E-state index in [1.54, 1.807) is 10.6 Å². The molecular weight excluding hydrogens is 260 g/mol. The highest BCUT2D eigenvalue weighted by Crippen LogP contribution is 2.19. The molecule has 0 amide bonds. The average molecular weight is 284 g/mol. The van der Waals surface area contributed by atoms with Gasteiger partial charge in [0.05, 0.1) is 6.04 Å². The predicted molar refractivity (Wildman–Crippen MR) is 87.7 cm³/mol. The molecule has 1 heterocycles. The van der Waals surface area contributed by atoms with Gasteiger partial charge in [-0.15, -0.1) is 0 Å². The molecule has 1 atom stereocenters. The number of pyridine rings is 1. The van der Waals surface area contributed by atoms with Crippen LogP contribution in [0.3, 0.4) is 0 Å². The van der Waals surface area contributed by atoms with E-state index in [4.69, 9.17) is 0 Å². The summed E-state index contributed by atoms with van der Waals surface area (Å²) >= 11 is 0. The summed E-state index contributed by atoms with van der Waals surface area (Å²) in [4.78, 5) is 12.1. The zero-order valence-electron chi connectivity index (χ0n) is 13.1. The van der Waals surface area contributed by atoms with Gasteiger partial charge in [-0.2, -0.15) is 0 Å². The fourth-order valence-electron chi connectivity index (χ4n) is 2.52. The van der Waals surface area contributed by atoms with Gasteiger partial charge in [0, 0.05) is 18.8 Å². The van der Waals surface area contributed by atoms with Crippen LogP contribution >= 0.6 is 0 Å². The number of aromatic nitrogens is 1. The Hall–Kier alpha value is -1.87. The molecule has 0 saturated heterocycles. The summed E-state index contributed by atoms with van der Waals surface area (Å²) in [6, 6.07) is 12.2. The number of benzene rings is 1. The Morgan fingerprint density at radius 3 is 2.62 bits per heavy atom. The van der Waals surface area contributed by atoms with E-state index >= 15 is 0 Å². The zero-order valence-corrected chi connectivity index (χ0v) is 13.1. The average Bonchev–Trinajstić information content (AvgIpc) is 2.46. The van der Waals surface area contributed by atoms with E-state index in [1.165, 1.54) is 11.1 Å². The van der Waals surface area contributed by atoms with Crippen molar-refractivity contribution in [3.63, 3.8) is 0 Å². The summed E-state index contributed by atoms with van der Waals surface area (Å²) in [5, 5.41) is 3.56. The molecule has 1 N–H and O–H groups in total. The van der Waals surface area contributed by atoms with Crippen LogP contribution in [0.15, 0.2) is 47.4 Å². The Morgan fingerprint density at radius 1 is 1.19 bits per heavy atom. The SMILES string of the molecule is CCCNC(Cn1ccc(C)cc1=O)c1ccccc1C. The molecule has 2 rings (SSSR count). The second-order valence-electron chi connectivity index (χ2n) is 5.56. The molecule has 0 saturated carbocycles. The highest BCUT2D eigenvalue weighted by atomic mass is 16.1. The molecule has 1 aromatic heterocycles. The van der Waals surface area contributed by atoms with Crippen molar-refractivity contribution >= 4 is 0 Å². The zero-order chi connectivity index (χ0) is 15.2. The van der Waals surface area contributed by atoms with Gasteiger partial charge in [-0.05, 0) is 49.6 Å². The lowest BCUT2D eigenvalue weighted by Crippen LogP contribution is -2.31. The van der Waals surface area contributed by atoms with E-state index in [9.17, 15) is 4.79 Å². The van der Waals surface area contributed by atoms with Crippen molar-refractivity contribution in [3.05, 3.63) is 69.6 Å². The third-order valence-corrected chi connectivity index (χ3v) is 3.74. The van der Waals surface area contributed by atoms with Crippen LogP contribution in [0.4, 0.5) is 0 Å². The van der Waals surface area contributed by atoms with Crippen LogP contribution in [-0.2, 0) is 6.54 Å². The highest BCUT2D eigenvalue weighted by Gasteiger charge is 2.14. The fourth-order valence-corrected chi connectivity index (χ4v) is 2.52. The van der Waals surface area contributed by atoms with Crippen LogP contribution in [0.2, 0.25) is 0 Å². The second kappa shape index (κ2) is 7.23. The monoisotopic (exact) mass is 284 g/mol. The van der Waals surface area contributed by atoms with Crippen molar-refractivity contribution in [2.24, 2.45) is 0 Å². The Labute approximate surface area is 126 Å². The molecule has 0 aliphatic heterocycles. The van der Waals surface area contributed by atoms with Gasteiger partial charge in [-0.3, -0.25) is 4.79 Å². The minimum Gasteiger partial charge on any atom is -0.314 e. The van der Waals surface area contributed by atoms with Gasteiger partial charge in [-0.1, -0.05) is 31.2 Å². The number of hydrogen-bond acceptors (Lipinski definition) is 2. The maximum atomic E-state index is 12.1.